The molecule has 0 aliphatic carbocycles. The number of carbonyl (C=O) groups excluding carboxylic acids is 1. The molecule has 0 aliphatic heterocycles. The molecule has 1 heterocycles. The molecule has 5 nitrogen and oxygen atoms in total. The zero-order valence-electron chi connectivity index (χ0n) is 17.4. The van der Waals surface area contributed by atoms with Gasteiger partial charge in [-0.25, -0.2) is 4.79 Å². The van der Waals surface area contributed by atoms with Gasteiger partial charge in [-0.1, -0.05) is 24.3 Å². The fourth-order valence-electron chi connectivity index (χ4n) is 3.20. The van der Waals surface area contributed by atoms with Crippen molar-refractivity contribution < 1.29 is 22.7 Å². The van der Waals surface area contributed by atoms with Crippen molar-refractivity contribution in [3.63, 3.8) is 0 Å². The Kier molecular flexibility index (Phi) is 7.98. The Morgan fingerprint density at radius 3 is 2.62 bits per heavy atom. The SMILES string of the molecule is COCCN(Cc1cccn1Cc1cccc(C(F)(F)F)c1)C(=O)Nc1ccccc1Br. The largest absolute Gasteiger partial charge is 0.416 e. The lowest BCUT2D eigenvalue weighted by Gasteiger charge is -2.24. The molecule has 3 aromatic rings. The molecule has 0 bridgehead atoms. The average Bonchev–Trinajstić information content (AvgIpc) is 3.18. The van der Waals surface area contributed by atoms with Crippen LogP contribution in [0.5, 0.6) is 0 Å². The Morgan fingerprint density at radius 1 is 1.12 bits per heavy atom. The monoisotopic (exact) mass is 509 g/mol. The normalized spacial score (nSPS) is 11.4. The van der Waals surface area contributed by atoms with Gasteiger partial charge >= 0.3 is 12.2 Å². The van der Waals surface area contributed by atoms with Crippen molar-refractivity contribution in [3.05, 3.63) is 88.2 Å². The summed E-state index contributed by atoms with van der Waals surface area (Å²) in [6.45, 7) is 1.22. The number of rotatable bonds is 8. The van der Waals surface area contributed by atoms with Crippen molar-refractivity contribution in [2.24, 2.45) is 0 Å². The van der Waals surface area contributed by atoms with Crippen molar-refractivity contribution in [3.8, 4) is 0 Å². The summed E-state index contributed by atoms with van der Waals surface area (Å²) in [6, 6.07) is 15.9. The Bertz CT molecular complexity index is 1050. The second-order valence-corrected chi connectivity index (χ2v) is 8.00. The van der Waals surface area contributed by atoms with Crippen LogP contribution in [0.2, 0.25) is 0 Å². The first kappa shape index (κ1) is 23.9. The molecule has 1 N–H and O–H groups in total. The first-order valence-electron chi connectivity index (χ1n) is 9.87. The topological polar surface area (TPSA) is 46.5 Å². The van der Waals surface area contributed by atoms with Crippen LogP contribution in [0.3, 0.4) is 0 Å². The van der Waals surface area contributed by atoms with Crippen LogP contribution in [-0.2, 0) is 24.0 Å². The molecule has 170 valence electrons. The van der Waals surface area contributed by atoms with Gasteiger partial charge in [0.1, 0.15) is 0 Å². The number of para-hydroxylation sites is 1. The first-order valence-corrected chi connectivity index (χ1v) is 10.7. The maximum atomic E-state index is 13.0. The van der Waals surface area contributed by atoms with Crippen LogP contribution < -0.4 is 5.32 Å². The Balaban J connectivity index is 1.76. The lowest BCUT2D eigenvalue weighted by atomic mass is 10.1. The van der Waals surface area contributed by atoms with Crippen molar-refractivity contribution in [1.82, 2.24) is 9.47 Å². The second-order valence-electron chi connectivity index (χ2n) is 7.15. The maximum Gasteiger partial charge on any atom is 0.416 e. The highest BCUT2D eigenvalue weighted by Gasteiger charge is 2.30. The maximum absolute atomic E-state index is 13.0. The number of hydrogen-bond donors (Lipinski definition) is 1. The minimum Gasteiger partial charge on any atom is -0.383 e. The zero-order valence-corrected chi connectivity index (χ0v) is 19.0. The third-order valence-electron chi connectivity index (χ3n) is 4.85. The number of amides is 2. The van der Waals surface area contributed by atoms with E-state index in [4.69, 9.17) is 4.74 Å². The number of halogens is 4. The van der Waals surface area contributed by atoms with E-state index in [9.17, 15) is 18.0 Å². The molecule has 1 aromatic heterocycles. The lowest BCUT2D eigenvalue weighted by molar-refractivity contribution is -0.137. The number of methoxy groups -OCH3 is 1. The van der Waals surface area contributed by atoms with Gasteiger partial charge in [0.25, 0.3) is 0 Å². The molecule has 32 heavy (non-hydrogen) atoms. The van der Waals surface area contributed by atoms with Gasteiger partial charge in [-0.2, -0.15) is 13.2 Å². The quantitative estimate of drug-likeness (QED) is 0.404. The predicted octanol–water partition coefficient (Wildman–Crippen LogP) is 6.00. The van der Waals surface area contributed by atoms with Crippen LogP contribution in [-0.4, -0.2) is 35.8 Å². The molecule has 0 atom stereocenters. The predicted molar refractivity (Wildman–Crippen MR) is 120 cm³/mol. The lowest BCUT2D eigenvalue weighted by Crippen LogP contribution is -2.37. The molecular weight excluding hydrogens is 487 g/mol. The van der Waals surface area contributed by atoms with E-state index in [-0.39, 0.29) is 19.1 Å². The van der Waals surface area contributed by atoms with Crippen molar-refractivity contribution in [1.29, 1.82) is 0 Å². The summed E-state index contributed by atoms with van der Waals surface area (Å²) in [7, 11) is 1.56. The van der Waals surface area contributed by atoms with Gasteiger partial charge in [0.2, 0.25) is 0 Å². The van der Waals surface area contributed by atoms with E-state index in [1.165, 1.54) is 6.07 Å². The standard InChI is InChI=1S/C23H23BrF3N3O2/c1-32-13-12-30(22(31)28-21-10-3-2-9-20(21)24)16-19-8-5-11-29(19)15-17-6-4-7-18(14-17)23(25,26)27/h2-11,14H,12-13,15-16H2,1H3,(H,28,31). The fourth-order valence-corrected chi connectivity index (χ4v) is 3.58. The Labute approximate surface area is 192 Å². The molecule has 0 unspecified atom stereocenters. The molecule has 9 heteroatoms. The van der Waals surface area contributed by atoms with E-state index < -0.39 is 11.7 Å². The molecule has 0 fully saturated rings. The van der Waals surface area contributed by atoms with Gasteiger partial charge in [-0.3, -0.25) is 0 Å². The number of nitrogens with one attached hydrogen (secondary N) is 1. The van der Waals surface area contributed by atoms with Gasteiger partial charge in [0.15, 0.2) is 0 Å². The third kappa shape index (κ3) is 6.37. The molecule has 2 amide bonds. The summed E-state index contributed by atoms with van der Waals surface area (Å²) in [5, 5.41) is 2.88. The zero-order chi connectivity index (χ0) is 23.1. The van der Waals surface area contributed by atoms with E-state index in [1.54, 1.807) is 30.3 Å². The van der Waals surface area contributed by atoms with E-state index in [2.05, 4.69) is 21.2 Å². The van der Waals surface area contributed by atoms with Crippen molar-refractivity contribution in [2.75, 3.05) is 25.6 Å². The second kappa shape index (κ2) is 10.7. The highest BCUT2D eigenvalue weighted by molar-refractivity contribution is 9.10. The van der Waals surface area contributed by atoms with E-state index in [0.717, 1.165) is 22.3 Å². The van der Waals surface area contributed by atoms with E-state index >= 15 is 0 Å². The number of carbonyl (C=O) groups is 1. The summed E-state index contributed by atoms with van der Waals surface area (Å²) in [4.78, 5) is 14.5. The van der Waals surface area contributed by atoms with Crippen LogP contribution in [0, 0.1) is 0 Å². The van der Waals surface area contributed by atoms with E-state index in [0.29, 0.717) is 24.4 Å². The molecule has 0 saturated heterocycles. The average molecular weight is 510 g/mol. The molecule has 0 aliphatic rings. The molecule has 2 aromatic carbocycles. The van der Waals surface area contributed by atoms with E-state index in [1.807, 2.05) is 34.9 Å². The summed E-state index contributed by atoms with van der Waals surface area (Å²) >= 11 is 3.41. The number of alkyl halides is 3. The Hall–Kier alpha value is -2.78. The summed E-state index contributed by atoms with van der Waals surface area (Å²) in [6.07, 6.45) is -2.61. The molecule has 3 rings (SSSR count). The summed E-state index contributed by atoms with van der Waals surface area (Å²) < 4.78 is 46.9. The summed E-state index contributed by atoms with van der Waals surface area (Å²) in [5.74, 6) is 0. The van der Waals surface area contributed by atoms with Crippen LogP contribution in [0.25, 0.3) is 0 Å². The van der Waals surface area contributed by atoms with Gasteiger partial charge in [-0.05, 0) is 57.9 Å². The number of anilines is 1. The number of urea groups is 1. The number of hydrogen-bond acceptors (Lipinski definition) is 2. The minimum absolute atomic E-state index is 0.260. The van der Waals surface area contributed by atoms with Crippen molar-refractivity contribution >= 4 is 27.6 Å². The highest BCUT2D eigenvalue weighted by Crippen LogP contribution is 2.30. The first-order chi connectivity index (χ1) is 15.3. The third-order valence-corrected chi connectivity index (χ3v) is 5.54. The molecule has 0 spiro atoms. The number of aromatic nitrogens is 1. The number of nitrogens with zero attached hydrogens (tertiary/aromatic N) is 2. The Morgan fingerprint density at radius 2 is 1.91 bits per heavy atom. The summed E-state index contributed by atoms with van der Waals surface area (Å²) in [5.41, 5.74) is 1.27. The molecular formula is C23H23BrF3N3O2. The van der Waals surface area contributed by atoms with Gasteiger partial charge in [0, 0.05) is 36.6 Å². The van der Waals surface area contributed by atoms with Crippen LogP contribution in [0.15, 0.2) is 71.3 Å². The molecule has 0 saturated carbocycles. The van der Waals surface area contributed by atoms with Gasteiger partial charge in [0.05, 0.1) is 24.4 Å². The van der Waals surface area contributed by atoms with Crippen molar-refractivity contribution in [2.45, 2.75) is 19.3 Å². The fraction of sp³-hybridized carbons (Fsp3) is 0.261. The van der Waals surface area contributed by atoms with Crippen LogP contribution in [0.4, 0.5) is 23.7 Å². The van der Waals surface area contributed by atoms with Gasteiger partial charge < -0.3 is 19.5 Å². The highest BCUT2D eigenvalue weighted by atomic mass is 79.9. The van der Waals surface area contributed by atoms with Crippen LogP contribution in [0.1, 0.15) is 16.8 Å². The smallest absolute Gasteiger partial charge is 0.383 e. The number of benzene rings is 2. The van der Waals surface area contributed by atoms with Crippen LogP contribution >= 0.6 is 15.9 Å². The molecule has 0 radical (unpaired) electrons. The van der Waals surface area contributed by atoms with Gasteiger partial charge in [-0.15, -0.1) is 0 Å². The number of ether oxygens (including phenoxy) is 1. The minimum atomic E-state index is -4.39.